The second-order valence-electron chi connectivity index (χ2n) is 4.90. The Hall–Kier alpha value is -1.64. The van der Waals surface area contributed by atoms with E-state index in [4.69, 9.17) is 5.73 Å². The van der Waals surface area contributed by atoms with E-state index in [-0.39, 0.29) is 0 Å². The van der Waals surface area contributed by atoms with E-state index in [1.807, 2.05) is 0 Å². The Balaban J connectivity index is 2.11. The second kappa shape index (κ2) is 7.07. The monoisotopic (exact) mass is 254 g/mol. The zero-order valence-electron chi connectivity index (χ0n) is 11.5. The molecule has 2 rings (SSSR count). The van der Waals surface area contributed by atoms with E-state index < -0.39 is 0 Å². The molecule has 2 aromatic carbocycles. The van der Waals surface area contributed by atoms with Crippen LogP contribution in [-0.2, 0) is 6.54 Å². The molecule has 2 N–H and O–H groups in total. The van der Waals surface area contributed by atoms with Crippen LogP contribution in [0.2, 0.25) is 0 Å². The Morgan fingerprint density at radius 1 is 0.947 bits per heavy atom. The van der Waals surface area contributed by atoms with Gasteiger partial charge in [0.2, 0.25) is 0 Å². The van der Waals surface area contributed by atoms with Crippen LogP contribution >= 0.6 is 0 Å². The predicted molar refractivity (Wildman–Crippen MR) is 80.8 cm³/mol. The van der Waals surface area contributed by atoms with E-state index >= 15 is 0 Å². The second-order valence-corrected chi connectivity index (χ2v) is 4.90. The fourth-order valence-corrected chi connectivity index (χ4v) is 2.46. The standard InChI is InChI=1S/C17H22N2/c1-19(14-15-8-4-2-5-9-15)17(12-13-18)16-10-6-3-7-11-16/h2-11,17H,12-14,18H2,1H3. The summed E-state index contributed by atoms with van der Waals surface area (Å²) in [6, 6.07) is 21.5. The average molecular weight is 254 g/mol. The van der Waals surface area contributed by atoms with Gasteiger partial charge in [-0.1, -0.05) is 60.7 Å². The summed E-state index contributed by atoms with van der Waals surface area (Å²) in [5.41, 5.74) is 8.45. The van der Waals surface area contributed by atoms with E-state index in [2.05, 4.69) is 72.6 Å². The minimum Gasteiger partial charge on any atom is -0.330 e. The van der Waals surface area contributed by atoms with Gasteiger partial charge in [0.1, 0.15) is 0 Å². The highest BCUT2D eigenvalue weighted by Gasteiger charge is 2.15. The SMILES string of the molecule is CN(Cc1ccccc1)C(CCN)c1ccccc1. The van der Waals surface area contributed by atoms with Gasteiger partial charge in [-0.05, 0) is 31.1 Å². The minimum absolute atomic E-state index is 0.381. The molecule has 1 atom stereocenters. The highest BCUT2D eigenvalue weighted by Crippen LogP contribution is 2.23. The Labute approximate surface area is 115 Å². The topological polar surface area (TPSA) is 29.3 Å². The molecule has 2 nitrogen and oxygen atoms in total. The van der Waals surface area contributed by atoms with E-state index in [9.17, 15) is 0 Å². The number of nitrogens with two attached hydrogens (primary N) is 1. The van der Waals surface area contributed by atoms with Crippen molar-refractivity contribution in [3.63, 3.8) is 0 Å². The molecule has 2 aromatic rings. The summed E-state index contributed by atoms with van der Waals surface area (Å²) < 4.78 is 0. The van der Waals surface area contributed by atoms with Crippen molar-refractivity contribution in [1.82, 2.24) is 4.90 Å². The lowest BCUT2D eigenvalue weighted by atomic mass is 10.0. The molecule has 0 aliphatic carbocycles. The van der Waals surface area contributed by atoms with Gasteiger partial charge >= 0.3 is 0 Å². The molecule has 0 spiro atoms. The third kappa shape index (κ3) is 3.91. The maximum absolute atomic E-state index is 5.77. The number of hydrogen-bond acceptors (Lipinski definition) is 2. The van der Waals surface area contributed by atoms with Gasteiger partial charge in [-0.3, -0.25) is 4.90 Å². The van der Waals surface area contributed by atoms with Gasteiger partial charge in [-0.25, -0.2) is 0 Å². The maximum atomic E-state index is 5.77. The number of rotatable bonds is 6. The van der Waals surface area contributed by atoms with E-state index in [0.717, 1.165) is 13.0 Å². The van der Waals surface area contributed by atoms with Gasteiger partial charge in [0.05, 0.1) is 0 Å². The molecule has 0 aromatic heterocycles. The summed E-state index contributed by atoms with van der Waals surface area (Å²) in [6.07, 6.45) is 0.980. The Bertz CT molecular complexity index is 467. The van der Waals surface area contributed by atoms with Gasteiger partial charge in [0.25, 0.3) is 0 Å². The summed E-state index contributed by atoms with van der Waals surface area (Å²) in [7, 11) is 2.17. The first-order valence-electron chi connectivity index (χ1n) is 6.80. The summed E-state index contributed by atoms with van der Waals surface area (Å²) in [6.45, 7) is 1.65. The van der Waals surface area contributed by atoms with Crippen molar-refractivity contribution in [3.05, 3.63) is 71.8 Å². The van der Waals surface area contributed by atoms with Crippen LogP contribution in [0.4, 0.5) is 0 Å². The van der Waals surface area contributed by atoms with Crippen molar-refractivity contribution in [1.29, 1.82) is 0 Å². The fourth-order valence-electron chi connectivity index (χ4n) is 2.46. The van der Waals surface area contributed by atoms with E-state index in [0.29, 0.717) is 12.6 Å². The first kappa shape index (κ1) is 13.8. The molecule has 0 heterocycles. The van der Waals surface area contributed by atoms with Gasteiger partial charge in [0, 0.05) is 12.6 Å². The molecule has 0 aliphatic rings. The van der Waals surface area contributed by atoms with Crippen molar-refractivity contribution < 1.29 is 0 Å². The van der Waals surface area contributed by atoms with Crippen molar-refractivity contribution in [2.75, 3.05) is 13.6 Å². The molecule has 19 heavy (non-hydrogen) atoms. The largest absolute Gasteiger partial charge is 0.330 e. The normalized spacial score (nSPS) is 12.6. The smallest absolute Gasteiger partial charge is 0.0360 e. The molecule has 0 fully saturated rings. The van der Waals surface area contributed by atoms with Crippen LogP contribution < -0.4 is 5.73 Å². The summed E-state index contributed by atoms with van der Waals surface area (Å²) >= 11 is 0. The molecule has 1 unspecified atom stereocenters. The zero-order valence-corrected chi connectivity index (χ0v) is 11.5. The average Bonchev–Trinajstić information content (AvgIpc) is 2.46. The van der Waals surface area contributed by atoms with Crippen LogP contribution in [0, 0.1) is 0 Å². The molecule has 0 saturated carbocycles. The number of hydrogen-bond donors (Lipinski definition) is 1. The Morgan fingerprint density at radius 3 is 2.11 bits per heavy atom. The lowest BCUT2D eigenvalue weighted by Gasteiger charge is -2.28. The third-order valence-electron chi connectivity index (χ3n) is 3.43. The Kier molecular flexibility index (Phi) is 5.13. The molecule has 0 amide bonds. The molecule has 0 bridgehead atoms. The molecular formula is C17H22N2. The quantitative estimate of drug-likeness (QED) is 0.857. The molecule has 0 radical (unpaired) electrons. The maximum Gasteiger partial charge on any atom is 0.0360 e. The van der Waals surface area contributed by atoms with Gasteiger partial charge in [-0.15, -0.1) is 0 Å². The van der Waals surface area contributed by atoms with Gasteiger partial charge < -0.3 is 5.73 Å². The lowest BCUT2D eigenvalue weighted by molar-refractivity contribution is 0.227. The Morgan fingerprint density at radius 2 is 1.53 bits per heavy atom. The summed E-state index contributed by atoms with van der Waals surface area (Å²) in [4.78, 5) is 2.37. The number of nitrogens with zero attached hydrogens (tertiary/aromatic N) is 1. The van der Waals surface area contributed by atoms with Crippen LogP contribution in [-0.4, -0.2) is 18.5 Å². The van der Waals surface area contributed by atoms with E-state index in [1.54, 1.807) is 0 Å². The zero-order chi connectivity index (χ0) is 13.5. The predicted octanol–water partition coefficient (Wildman–Crippen LogP) is 3.21. The van der Waals surface area contributed by atoms with Crippen molar-refractivity contribution in [3.8, 4) is 0 Å². The first-order valence-corrected chi connectivity index (χ1v) is 6.80. The molecule has 2 heteroatoms. The summed E-state index contributed by atoms with van der Waals surface area (Å²) in [5, 5.41) is 0. The fraction of sp³-hybridized carbons (Fsp3) is 0.294. The van der Waals surface area contributed by atoms with Crippen molar-refractivity contribution >= 4 is 0 Å². The number of benzene rings is 2. The van der Waals surface area contributed by atoms with Crippen molar-refractivity contribution in [2.45, 2.75) is 19.0 Å². The lowest BCUT2D eigenvalue weighted by Crippen LogP contribution is -2.26. The molecule has 0 aliphatic heterocycles. The van der Waals surface area contributed by atoms with E-state index in [1.165, 1.54) is 11.1 Å². The van der Waals surface area contributed by atoms with Crippen LogP contribution in [0.5, 0.6) is 0 Å². The van der Waals surface area contributed by atoms with Gasteiger partial charge in [0.15, 0.2) is 0 Å². The van der Waals surface area contributed by atoms with Crippen LogP contribution in [0.3, 0.4) is 0 Å². The van der Waals surface area contributed by atoms with Crippen LogP contribution in [0.1, 0.15) is 23.6 Å². The molecular weight excluding hydrogens is 232 g/mol. The minimum atomic E-state index is 0.381. The highest BCUT2D eigenvalue weighted by molar-refractivity contribution is 5.20. The third-order valence-corrected chi connectivity index (χ3v) is 3.43. The van der Waals surface area contributed by atoms with Crippen LogP contribution in [0.25, 0.3) is 0 Å². The molecule has 0 saturated heterocycles. The van der Waals surface area contributed by atoms with Crippen LogP contribution in [0.15, 0.2) is 60.7 Å². The molecule has 100 valence electrons. The first-order chi connectivity index (χ1) is 9.31. The summed E-state index contributed by atoms with van der Waals surface area (Å²) in [5.74, 6) is 0. The highest BCUT2D eigenvalue weighted by atomic mass is 15.1. The van der Waals surface area contributed by atoms with Crippen molar-refractivity contribution in [2.24, 2.45) is 5.73 Å². The van der Waals surface area contributed by atoms with Gasteiger partial charge in [-0.2, -0.15) is 0 Å².